The molecule has 0 aliphatic rings. The van der Waals surface area contributed by atoms with E-state index < -0.39 is 10.0 Å². The van der Waals surface area contributed by atoms with Crippen LogP contribution >= 0.6 is 11.3 Å². The molecule has 20 heavy (non-hydrogen) atoms. The normalized spacial score (nSPS) is 11.7. The molecule has 0 bridgehead atoms. The van der Waals surface area contributed by atoms with E-state index in [2.05, 4.69) is 4.72 Å². The Balaban J connectivity index is 2.00. The molecule has 0 radical (unpaired) electrons. The van der Waals surface area contributed by atoms with Crippen molar-refractivity contribution >= 4 is 21.4 Å². The van der Waals surface area contributed by atoms with E-state index in [1.807, 2.05) is 0 Å². The molecule has 0 atom stereocenters. The number of nitrogens with one attached hydrogen (secondary N) is 1. The zero-order chi connectivity index (χ0) is 14.6. The van der Waals surface area contributed by atoms with E-state index in [-0.39, 0.29) is 23.9 Å². The zero-order valence-corrected chi connectivity index (χ0v) is 12.2. The van der Waals surface area contributed by atoms with Crippen LogP contribution in [0.5, 0.6) is 0 Å². The summed E-state index contributed by atoms with van der Waals surface area (Å²) in [6.45, 7) is -0.135. The van der Waals surface area contributed by atoms with Gasteiger partial charge < -0.3 is 5.11 Å². The van der Waals surface area contributed by atoms with Gasteiger partial charge in [0.1, 0.15) is 5.82 Å². The van der Waals surface area contributed by atoms with Gasteiger partial charge in [-0.3, -0.25) is 0 Å². The number of aliphatic hydroxyl groups excluding tert-OH is 1. The second kappa shape index (κ2) is 6.45. The lowest BCUT2D eigenvalue weighted by molar-refractivity contribution is 0.282. The SMILES string of the molecule is O=S(=O)(NCCc1cccc(F)c1)c1ccsc1CO. The van der Waals surface area contributed by atoms with Gasteiger partial charge in [-0.25, -0.2) is 17.5 Å². The highest BCUT2D eigenvalue weighted by Gasteiger charge is 2.18. The van der Waals surface area contributed by atoms with Crippen molar-refractivity contribution in [3.63, 3.8) is 0 Å². The Morgan fingerprint density at radius 1 is 1.30 bits per heavy atom. The van der Waals surface area contributed by atoms with Crippen molar-refractivity contribution in [2.45, 2.75) is 17.9 Å². The maximum Gasteiger partial charge on any atom is 0.241 e. The summed E-state index contributed by atoms with van der Waals surface area (Å²) in [4.78, 5) is 0.507. The number of aliphatic hydroxyl groups is 1. The lowest BCUT2D eigenvalue weighted by Gasteiger charge is -2.07. The predicted octanol–water partition coefficient (Wildman–Crippen LogP) is 1.90. The maximum atomic E-state index is 13.0. The zero-order valence-electron chi connectivity index (χ0n) is 10.5. The van der Waals surface area contributed by atoms with Crippen LogP contribution in [-0.4, -0.2) is 20.1 Å². The van der Waals surface area contributed by atoms with Crippen LogP contribution in [0.25, 0.3) is 0 Å². The van der Waals surface area contributed by atoms with Crippen molar-refractivity contribution in [1.82, 2.24) is 4.72 Å². The van der Waals surface area contributed by atoms with Crippen molar-refractivity contribution in [3.8, 4) is 0 Å². The molecular formula is C13H14FNO3S2. The highest BCUT2D eigenvalue weighted by molar-refractivity contribution is 7.89. The third-order valence-electron chi connectivity index (χ3n) is 2.73. The lowest BCUT2D eigenvalue weighted by Crippen LogP contribution is -2.26. The fourth-order valence-electron chi connectivity index (χ4n) is 1.78. The molecule has 0 fully saturated rings. The molecule has 4 nitrogen and oxygen atoms in total. The van der Waals surface area contributed by atoms with Crippen LogP contribution < -0.4 is 4.72 Å². The molecule has 2 rings (SSSR count). The molecule has 0 aliphatic carbocycles. The monoisotopic (exact) mass is 315 g/mol. The first kappa shape index (κ1) is 15.1. The molecule has 2 N–H and O–H groups in total. The molecule has 7 heteroatoms. The number of hydrogen-bond donors (Lipinski definition) is 2. The second-order valence-electron chi connectivity index (χ2n) is 4.14. The summed E-state index contributed by atoms with van der Waals surface area (Å²) in [6, 6.07) is 7.49. The van der Waals surface area contributed by atoms with Gasteiger partial charge in [-0.05, 0) is 35.6 Å². The van der Waals surface area contributed by atoms with E-state index in [1.54, 1.807) is 17.5 Å². The van der Waals surface area contributed by atoms with Crippen molar-refractivity contribution in [2.75, 3.05) is 6.54 Å². The molecule has 2 aromatic rings. The Labute approximate surface area is 120 Å². The minimum atomic E-state index is -3.63. The number of sulfonamides is 1. The topological polar surface area (TPSA) is 66.4 Å². The summed E-state index contributed by atoms with van der Waals surface area (Å²) in [5.41, 5.74) is 0.723. The summed E-state index contributed by atoms with van der Waals surface area (Å²) in [6.07, 6.45) is 0.398. The van der Waals surface area contributed by atoms with Crippen LogP contribution in [0.15, 0.2) is 40.6 Å². The predicted molar refractivity (Wildman–Crippen MR) is 75.5 cm³/mol. The number of benzene rings is 1. The first-order valence-electron chi connectivity index (χ1n) is 5.94. The lowest BCUT2D eigenvalue weighted by atomic mass is 10.1. The first-order valence-corrected chi connectivity index (χ1v) is 8.30. The average Bonchev–Trinajstić information content (AvgIpc) is 2.87. The highest BCUT2D eigenvalue weighted by Crippen LogP contribution is 2.21. The van der Waals surface area contributed by atoms with Crippen LogP contribution in [0.4, 0.5) is 4.39 Å². The van der Waals surface area contributed by atoms with E-state index in [4.69, 9.17) is 5.11 Å². The molecule has 108 valence electrons. The summed E-state index contributed by atoms with van der Waals surface area (Å²) in [7, 11) is -3.63. The smallest absolute Gasteiger partial charge is 0.241 e. The van der Waals surface area contributed by atoms with E-state index in [1.165, 1.54) is 29.5 Å². The Hall–Kier alpha value is -1.28. The maximum absolute atomic E-state index is 13.0. The van der Waals surface area contributed by atoms with Crippen molar-refractivity contribution in [2.24, 2.45) is 0 Å². The Bertz CT molecular complexity index is 682. The highest BCUT2D eigenvalue weighted by atomic mass is 32.2. The molecule has 1 heterocycles. The van der Waals surface area contributed by atoms with Gasteiger partial charge in [0.05, 0.1) is 11.5 Å². The van der Waals surface area contributed by atoms with Gasteiger partial charge in [0.2, 0.25) is 10.0 Å². The van der Waals surface area contributed by atoms with E-state index in [0.717, 1.165) is 5.56 Å². The van der Waals surface area contributed by atoms with Crippen molar-refractivity contribution in [3.05, 3.63) is 52.0 Å². The third kappa shape index (κ3) is 3.63. The largest absolute Gasteiger partial charge is 0.391 e. The fraction of sp³-hybridized carbons (Fsp3) is 0.231. The summed E-state index contributed by atoms with van der Waals surface area (Å²) in [5, 5.41) is 10.7. The van der Waals surface area contributed by atoms with Gasteiger partial charge in [-0.2, -0.15) is 0 Å². The van der Waals surface area contributed by atoms with Crippen LogP contribution in [0.3, 0.4) is 0 Å². The van der Waals surface area contributed by atoms with Crippen LogP contribution in [0.1, 0.15) is 10.4 Å². The van der Waals surface area contributed by atoms with Gasteiger partial charge in [0.15, 0.2) is 0 Å². The number of thiophene rings is 1. The molecule has 0 amide bonds. The minimum Gasteiger partial charge on any atom is -0.391 e. The third-order valence-corrected chi connectivity index (χ3v) is 5.31. The molecule has 1 aromatic carbocycles. The summed E-state index contributed by atoms with van der Waals surface area (Å²) < 4.78 is 39.5. The van der Waals surface area contributed by atoms with Crippen LogP contribution in [-0.2, 0) is 23.1 Å². The molecule has 1 aromatic heterocycles. The molecule has 0 spiro atoms. The number of rotatable bonds is 6. The standard InChI is InChI=1S/C13H14FNO3S2/c14-11-3-1-2-10(8-11)4-6-15-20(17,18)13-5-7-19-12(13)9-16/h1-3,5,7-8,15-16H,4,6,9H2. The molecule has 0 aliphatic heterocycles. The summed E-state index contributed by atoms with van der Waals surface area (Å²) in [5.74, 6) is -0.342. The molecule has 0 saturated carbocycles. The van der Waals surface area contributed by atoms with Gasteiger partial charge in [-0.1, -0.05) is 12.1 Å². The first-order chi connectivity index (χ1) is 9.53. The Morgan fingerprint density at radius 2 is 2.10 bits per heavy atom. The molecule has 0 unspecified atom stereocenters. The van der Waals surface area contributed by atoms with Crippen LogP contribution in [0, 0.1) is 5.82 Å². The molecular weight excluding hydrogens is 301 g/mol. The average molecular weight is 315 g/mol. The quantitative estimate of drug-likeness (QED) is 0.855. The van der Waals surface area contributed by atoms with E-state index >= 15 is 0 Å². The van der Waals surface area contributed by atoms with Crippen LogP contribution in [0.2, 0.25) is 0 Å². The fourth-order valence-corrected chi connectivity index (χ4v) is 4.11. The van der Waals surface area contributed by atoms with Gasteiger partial charge in [-0.15, -0.1) is 11.3 Å². The van der Waals surface area contributed by atoms with E-state index in [0.29, 0.717) is 11.3 Å². The van der Waals surface area contributed by atoms with E-state index in [9.17, 15) is 12.8 Å². The van der Waals surface area contributed by atoms with Gasteiger partial charge in [0.25, 0.3) is 0 Å². The van der Waals surface area contributed by atoms with Crippen molar-refractivity contribution < 1.29 is 17.9 Å². The summed E-state index contributed by atoms with van der Waals surface area (Å²) >= 11 is 1.19. The number of hydrogen-bond acceptors (Lipinski definition) is 4. The second-order valence-corrected chi connectivity index (χ2v) is 6.88. The Morgan fingerprint density at radius 3 is 2.80 bits per heavy atom. The molecule has 0 saturated heterocycles. The minimum absolute atomic E-state index is 0.101. The van der Waals surface area contributed by atoms with Gasteiger partial charge in [0, 0.05) is 11.4 Å². The number of halogens is 1. The Kier molecular flexibility index (Phi) is 4.87. The van der Waals surface area contributed by atoms with Gasteiger partial charge >= 0.3 is 0 Å². The van der Waals surface area contributed by atoms with Crippen molar-refractivity contribution in [1.29, 1.82) is 0 Å².